The van der Waals surface area contributed by atoms with E-state index in [1.807, 2.05) is 13.0 Å². The zero-order valence-corrected chi connectivity index (χ0v) is 14.7. The molecule has 1 unspecified atom stereocenters. The number of aryl methyl sites for hydroxylation is 1. The molecule has 1 saturated carbocycles. The summed E-state index contributed by atoms with van der Waals surface area (Å²) in [7, 11) is 0. The van der Waals surface area contributed by atoms with Crippen LogP contribution in [0.3, 0.4) is 0 Å². The highest BCUT2D eigenvalue weighted by molar-refractivity contribution is 5.35. The van der Waals surface area contributed by atoms with Crippen LogP contribution in [0.5, 0.6) is 0 Å². The molecule has 1 aliphatic carbocycles. The molecule has 2 fully saturated rings. The Hall–Kier alpha value is -0.930. The minimum Gasteiger partial charge on any atom is -0.348 e. The molecule has 23 heavy (non-hydrogen) atoms. The van der Waals surface area contributed by atoms with Crippen LogP contribution < -0.4 is 0 Å². The van der Waals surface area contributed by atoms with Gasteiger partial charge in [0.1, 0.15) is 5.82 Å². The van der Waals surface area contributed by atoms with Crippen molar-refractivity contribution in [3.63, 3.8) is 0 Å². The van der Waals surface area contributed by atoms with E-state index in [0.29, 0.717) is 19.1 Å². The van der Waals surface area contributed by atoms with Crippen molar-refractivity contribution in [1.29, 1.82) is 0 Å². The van der Waals surface area contributed by atoms with Gasteiger partial charge in [-0.15, -0.1) is 0 Å². The number of hydrogen-bond donors (Lipinski definition) is 0. The SMILES string of the molecule is CCC(C)CC1(c2ccc(F)cc2C)CCC2(CC1)OCCO2. The molecule has 2 nitrogen and oxygen atoms in total. The van der Waals surface area contributed by atoms with Gasteiger partial charge < -0.3 is 9.47 Å². The van der Waals surface area contributed by atoms with Gasteiger partial charge in [0, 0.05) is 12.8 Å². The lowest BCUT2D eigenvalue weighted by atomic mass is 9.63. The Kier molecular flexibility index (Phi) is 4.80. The summed E-state index contributed by atoms with van der Waals surface area (Å²) in [5.74, 6) is 0.186. The molecule has 2 aliphatic rings. The number of halogens is 1. The van der Waals surface area contributed by atoms with Crippen LogP contribution in [-0.2, 0) is 14.9 Å². The van der Waals surface area contributed by atoms with Gasteiger partial charge in [-0.2, -0.15) is 0 Å². The summed E-state index contributed by atoms with van der Waals surface area (Å²) in [5, 5.41) is 0. The second-order valence-electron chi connectivity index (χ2n) is 7.56. The van der Waals surface area contributed by atoms with Gasteiger partial charge in [-0.25, -0.2) is 4.39 Å². The number of ether oxygens (including phenoxy) is 2. The third-order valence-corrected chi connectivity index (χ3v) is 5.98. The molecule has 3 rings (SSSR count). The first-order valence-electron chi connectivity index (χ1n) is 9.03. The van der Waals surface area contributed by atoms with Crippen LogP contribution in [0.15, 0.2) is 18.2 Å². The van der Waals surface area contributed by atoms with E-state index < -0.39 is 0 Å². The van der Waals surface area contributed by atoms with E-state index in [2.05, 4.69) is 13.8 Å². The summed E-state index contributed by atoms with van der Waals surface area (Å²) in [6.07, 6.45) is 6.35. The topological polar surface area (TPSA) is 18.5 Å². The maximum atomic E-state index is 13.6. The molecule has 1 aliphatic heterocycles. The minimum atomic E-state index is -0.340. The van der Waals surface area contributed by atoms with E-state index in [1.54, 1.807) is 12.1 Å². The van der Waals surface area contributed by atoms with Crippen molar-refractivity contribution in [3.8, 4) is 0 Å². The Labute approximate surface area is 139 Å². The lowest BCUT2D eigenvalue weighted by Crippen LogP contribution is -2.43. The molecule has 0 bridgehead atoms. The van der Waals surface area contributed by atoms with Gasteiger partial charge in [0.15, 0.2) is 5.79 Å². The van der Waals surface area contributed by atoms with Crippen molar-refractivity contribution in [3.05, 3.63) is 35.1 Å². The molecule has 128 valence electrons. The van der Waals surface area contributed by atoms with Crippen LogP contribution in [0, 0.1) is 18.7 Å². The summed E-state index contributed by atoms with van der Waals surface area (Å²) in [5.41, 5.74) is 2.54. The Balaban J connectivity index is 1.89. The predicted octanol–water partition coefficient (Wildman–Crippen LogP) is 5.13. The molecule has 0 aromatic heterocycles. The molecule has 1 aromatic rings. The van der Waals surface area contributed by atoms with Gasteiger partial charge in [-0.3, -0.25) is 0 Å². The fourth-order valence-corrected chi connectivity index (χ4v) is 4.51. The second kappa shape index (κ2) is 6.52. The van der Waals surface area contributed by atoms with Gasteiger partial charge in [0.25, 0.3) is 0 Å². The molecule has 0 N–H and O–H groups in total. The first kappa shape index (κ1) is 16.9. The van der Waals surface area contributed by atoms with Crippen LogP contribution >= 0.6 is 0 Å². The van der Waals surface area contributed by atoms with Gasteiger partial charge in [0.05, 0.1) is 13.2 Å². The lowest BCUT2D eigenvalue weighted by Gasteiger charge is -2.46. The molecule has 1 aromatic carbocycles. The van der Waals surface area contributed by atoms with Crippen molar-refractivity contribution in [2.24, 2.45) is 5.92 Å². The average molecular weight is 320 g/mol. The molecule has 1 heterocycles. The van der Waals surface area contributed by atoms with E-state index >= 15 is 0 Å². The van der Waals surface area contributed by atoms with E-state index in [9.17, 15) is 4.39 Å². The minimum absolute atomic E-state index is 0.133. The summed E-state index contributed by atoms with van der Waals surface area (Å²) in [4.78, 5) is 0. The molecule has 1 saturated heterocycles. The van der Waals surface area contributed by atoms with Gasteiger partial charge in [-0.05, 0) is 60.8 Å². The van der Waals surface area contributed by atoms with E-state index in [-0.39, 0.29) is 17.0 Å². The van der Waals surface area contributed by atoms with Crippen molar-refractivity contribution in [1.82, 2.24) is 0 Å². The molecule has 3 heteroatoms. The molecular formula is C20H29FO2. The Bertz CT molecular complexity index is 539. The highest BCUT2D eigenvalue weighted by Gasteiger charge is 2.47. The average Bonchev–Trinajstić information content (AvgIpc) is 2.98. The highest BCUT2D eigenvalue weighted by Crippen LogP contribution is 2.50. The summed E-state index contributed by atoms with van der Waals surface area (Å²) in [6.45, 7) is 8.06. The van der Waals surface area contributed by atoms with Gasteiger partial charge in [0.2, 0.25) is 0 Å². The van der Waals surface area contributed by atoms with Crippen LogP contribution in [0.2, 0.25) is 0 Å². The van der Waals surface area contributed by atoms with Crippen molar-refractivity contribution < 1.29 is 13.9 Å². The maximum absolute atomic E-state index is 13.6. The van der Waals surface area contributed by atoms with Gasteiger partial charge >= 0.3 is 0 Å². The summed E-state index contributed by atoms with van der Waals surface area (Å²) in [6, 6.07) is 5.32. The van der Waals surface area contributed by atoms with Crippen LogP contribution in [0.25, 0.3) is 0 Å². The Morgan fingerprint density at radius 1 is 1.13 bits per heavy atom. The van der Waals surface area contributed by atoms with E-state index in [0.717, 1.165) is 37.7 Å². The molecule has 1 atom stereocenters. The van der Waals surface area contributed by atoms with Crippen LogP contribution in [0.1, 0.15) is 63.5 Å². The summed E-state index contributed by atoms with van der Waals surface area (Å²) >= 11 is 0. The van der Waals surface area contributed by atoms with E-state index in [4.69, 9.17) is 9.47 Å². The molecule has 1 spiro atoms. The monoisotopic (exact) mass is 320 g/mol. The Morgan fingerprint density at radius 2 is 1.78 bits per heavy atom. The van der Waals surface area contributed by atoms with Gasteiger partial charge in [-0.1, -0.05) is 26.3 Å². The molecular weight excluding hydrogens is 291 g/mol. The number of rotatable bonds is 4. The Morgan fingerprint density at radius 3 is 2.35 bits per heavy atom. The fourth-order valence-electron chi connectivity index (χ4n) is 4.51. The third-order valence-electron chi connectivity index (χ3n) is 5.98. The molecule has 0 amide bonds. The van der Waals surface area contributed by atoms with Crippen molar-refractivity contribution in [2.75, 3.05) is 13.2 Å². The quantitative estimate of drug-likeness (QED) is 0.766. The normalized spacial score (nSPS) is 24.0. The molecule has 0 radical (unpaired) electrons. The number of benzene rings is 1. The number of hydrogen-bond acceptors (Lipinski definition) is 2. The first-order chi connectivity index (χ1) is 11.0. The zero-order valence-electron chi connectivity index (χ0n) is 14.7. The first-order valence-corrected chi connectivity index (χ1v) is 9.03. The zero-order chi connectivity index (χ0) is 16.5. The smallest absolute Gasteiger partial charge is 0.168 e. The lowest BCUT2D eigenvalue weighted by molar-refractivity contribution is -0.186. The predicted molar refractivity (Wildman–Crippen MR) is 90.0 cm³/mol. The van der Waals surface area contributed by atoms with Crippen molar-refractivity contribution in [2.45, 2.75) is 70.5 Å². The van der Waals surface area contributed by atoms with Crippen molar-refractivity contribution >= 4 is 0 Å². The third kappa shape index (κ3) is 3.32. The maximum Gasteiger partial charge on any atom is 0.168 e. The largest absolute Gasteiger partial charge is 0.348 e. The fraction of sp³-hybridized carbons (Fsp3) is 0.700. The van der Waals surface area contributed by atoms with Crippen LogP contribution in [-0.4, -0.2) is 19.0 Å². The van der Waals surface area contributed by atoms with Crippen LogP contribution in [0.4, 0.5) is 4.39 Å². The van der Waals surface area contributed by atoms with E-state index in [1.165, 1.54) is 12.0 Å². The summed E-state index contributed by atoms with van der Waals surface area (Å²) < 4.78 is 25.4. The standard InChI is InChI=1S/C20H29FO2/c1-4-15(2)14-19(18-6-5-17(21)13-16(18)3)7-9-20(10-8-19)22-11-12-23-20/h5-6,13,15H,4,7-12,14H2,1-3H3. The highest BCUT2D eigenvalue weighted by atomic mass is 19.1. The second-order valence-corrected chi connectivity index (χ2v) is 7.56.